The van der Waals surface area contributed by atoms with Crippen molar-refractivity contribution in [2.75, 3.05) is 10.6 Å². The van der Waals surface area contributed by atoms with Gasteiger partial charge < -0.3 is 20.5 Å². The minimum absolute atomic E-state index is 0.0617. The first-order valence-electron chi connectivity index (χ1n) is 8.35. The summed E-state index contributed by atoms with van der Waals surface area (Å²) in [5, 5.41) is 14.3. The Balaban J connectivity index is 2.27. The number of rotatable bonds is 6. The maximum Gasteiger partial charge on any atom is 0.337 e. The molecule has 0 radical (unpaired) electrons. The molecule has 0 saturated carbocycles. The Morgan fingerprint density at radius 1 is 0.857 bits per heavy atom. The Kier molecular flexibility index (Phi) is 6.15. The number of benzene rings is 2. The molecule has 0 saturated heterocycles. The van der Waals surface area contributed by atoms with Gasteiger partial charge in [-0.25, -0.2) is 4.79 Å². The van der Waals surface area contributed by atoms with E-state index in [1.165, 1.54) is 45.0 Å². The summed E-state index contributed by atoms with van der Waals surface area (Å²) in [6.45, 7) is 4.04. The third-order valence-corrected chi connectivity index (χ3v) is 3.77. The van der Waals surface area contributed by atoms with Crippen LogP contribution in [0.5, 0.6) is 0 Å². The van der Waals surface area contributed by atoms with Crippen LogP contribution >= 0.6 is 0 Å². The predicted molar refractivity (Wildman–Crippen MR) is 102 cm³/mol. The van der Waals surface area contributed by atoms with E-state index >= 15 is 0 Å². The molecular formula is C20H20N2O6. The average molecular weight is 384 g/mol. The molecule has 0 atom stereocenters. The zero-order valence-electron chi connectivity index (χ0n) is 15.6. The van der Waals surface area contributed by atoms with Crippen molar-refractivity contribution in [1.29, 1.82) is 0 Å². The van der Waals surface area contributed by atoms with Crippen molar-refractivity contribution in [2.45, 2.75) is 26.4 Å². The lowest BCUT2D eigenvalue weighted by atomic mass is 10.1. The fourth-order valence-corrected chi connectivity index (χ4v) is 2.44. The number of carbonyl (C=O) groups is 4. The average Bonchev–Trinajstić information content (AvgIpc) is 2.61. The first kappa shape index (κ1) is 20.6. The summed E-state index contributed by atoms with van der Waals surface area (Å²) in [7, 11) is 0. The van der Waals surface area contributed by atoms with E-state index in [2.05, 4.69) is 10.6 Å². The molecule has 0 heterocycles. The summed E-state index contributed by atoms with van der Waals surface area (Å²) in [6, 6.07) is 12.2. The quantitative estimate of drug-likeness (QED) is 0.658. The number of para-hydroxylation sites is 2. The van der Waals surface area contributed by atoms with Crippen molar-refractivity contribution < 1.29 is 29.0 Å². The molecule has 8 heteroatoms. The number of esters is 1. The number of anilines is 2. The molecule has 2 rings (SSSR count). The highest BCUT2D eigenvalue weighted by Crippen LogP contribution is 2.22. The highest BCUT2D eigenvalue weighted by molar-refractivity contribution is 6.12. The maximum absolute atomic E-state index is 12.7. The number of hydrogen-bond acceptors (Lipinski definition) is 5. The molecule has 3 N–H and O–H groups in total. The third-order valence-electron chi connectivity index (χ3n) is 3.77. The van der Waals surface area contributed by atoms with Crippen molar-refractivity contribution >= 4 is 35.1 Å². The van der Waals surface area contributed by atoms with Crippen LogP contribution in [0.15, 0.2) is 48.5 Å². The Bertz CT molecular complexity index is 936. The molecule has 0 aliphatic carbocycles. The minimum Gasteiger partial charge on any atom is -0.478 e. The summed E-state index contributed by atoms with van der Waals surface area (Å²) >= 11 is 0. The van der Waals surface area contributed by atoms with E-state index in [-0.39, 0.29) is 22.5 Å². The normalized spacial score (nSPS) is 10.7. The van der Waals surface area contributed by atoms with Gasteiger partial charge in [-0.3, -0.25) is 14.4 Å². The van der Waals surface area contributed by atoms with Gasteiger partial charge in [0.1, 0.15) is 0 Å². The zero-order chi connectivity index (χ0) is 20.9. The summed E-state index contributed by atoms with van der Waals surface area (Å²) < 4.78 is 4.99. The first-order chi connectivity index (χ1) is 13.1. The van der Waals surface area contributed by atoms with Crippen LogP contribution in [-0.2, 0) is 14.3 Å². The van der Waals surface area contributed by atoms with Crippen LogP contribution in [-0.4, -0.2) is 34.5 Å². The molecule has 2 aromatic carbocycles. The fourth-order valence-electron chi connectivity index (χ4n) is 2.44. The lowest BCUT2D eigenvalue weighted by molar-refractivity contribution is -0.160. The molecule has 2 amide bonds. The van der Waals surface area contributed by atoms with Crippen LogP contribution in [0.25, 0.3) is 0 Å². The summed E-state index contributed by atoms with van der Waals surface area (Å²) in [5.41, 5.74) is -1.06. The lowest BCUT2D eigenvalue weighted by Gasteiger charge is -2.23. The van der Waals surface area contributed by atoms with Crippen molar-refractivity contribution in [3.63, 3.8) is 0 Å². The highest BCUT2D eigenvalue weighted by Gasteiger charge is 2.31. The van der Waals surface area contributed by atoms with E-state index in [0.717, 1.165) is 0 Å². The van der Waals surface area contributed by atoms with Gasteiger partial charge in [0.05, 0.1) is 22.5 Å². The van der Waals surface area contributed by atoms with Gasteiger partial charge in [-0.2, -0.15) is 0 Å². The topological polar surface area (TPSA) is 122 Å². The van der Waals surface area contributed by atoms with Gasteiger partial charge in [0, 0.05) is 6.92 Å². The number of hydrogen-bond donors (Lipinski definition) is 3. The first-order valence-corrected chi connectivity index (χ1v) is 8.35. The third kappa shape index (κ3) is 4.94. The molecule has 28 heavy (non-hydrogen) atoms. The molecule has 0 unspecified atom stereocenters. The summed E-state index contributed by atoms with van der Waals surface area (Å²) in [4.78, 5) is 47.6. The molecule has 146 valence electrons. The van der Waals surface area contributed by atoms with Gasteiger partial charge in [-0.1, -0.05) is 24.3 Å². The van der Waals surface area contributed by atoms with E-state index in [1.807, 2.05) is 0 Å². The number of carboxylic acids is 1. The van der Waals surface area contributed by atoms with Crippen LogP contribution in [0.2, 0.25) is 0 Å². The molecular weight excluding hydrogens is 364 g/mol. The predicted octanol–water partition coefficient (Wildman–Crippen LogP) is 2.92. The second-order valence-corrected chi connectivity index (χ2v) is 6.41. The lowest BCUT2D eigenvalue weighted by Crippen LogP contribution is -2.41. The Morgan fingerprint density at radius 3 is 1.89 bits per heavy atom. The molecule has 0 fully saturated rings. The van der Waals surface area contributed by atoms with Gasteiger partial charge in [-0.15, -0.1) is 0 Å². The molecule has 0 aliphatic rings. The van der Waals surface area contributed by atoms with Crippen molar-refractivity contribution in [2.24, 2.45) is 0 Å². The van der Waals surface area contributed by atoms with Gasteiger partial charge in [0.15, 0.2) is 5.60 Å². The van der Waals surface area contributed by atoms with Crippen molar-refractivity contribution in [3.8, 4) is 0 Å². The Hall–Kier alpha value is -3.68. The molecule has 0 aliphatic heterocycles. The monoisotopic (exact) mass is 384 g/mol. The van der Waals surface area contributed by atoms with Crippen LogP contribution in [0.1, 0.15) is 41.5 Å². The van der Waals surface area contributed by atoms with E-state index in [4.69, 9.17) is 4.74 Å². The second kappa shape index (κ2) is 8.34. The Labute approximate surface area is 161 Å². The maximum atomic E-state index is 12.7. The molecule has 0 aromatic heterocycles. The number of carboxylic acid groups (broad SMARTS) is 1. The largest absolute Gasteiger partial charge is 0.478 e. The van der Waals surface area contributed by atoms with E-state index in [0.29, 0.717) is 0 Å². The molecule has 0 bridgehead atoms. The van der Waals surface area contributed by atoms with E-state index in [1.54, 1.807) is 24.3 Å². The minimum atomic E-state index is -1.44. The fraction of sp³-hybridized carbons (Fsp3) is 0.200. The van der Waals surface area contributed by atoms with E-state index in [9.17, 15) is 24.3 Å². The Morgan fingerprint density at radius 2 is 1.36 bits per heavy atom. The number of amides is 2. The standard InChI is InChI=1S/C20H20N2O6/c1-12(23)28-20(2,3)19(27)22-15-10-6-4-8-13(15)17(24)21-16-11-7-5-9-14(16)18(25)26/h4-11H,1-3H3,(H,21,24)(H,22,27)(H,25,26). The van der Waals surface area contributed by atoms with Gasteiger partial charge in [0.25, 0.3) is 11.8 Å². The van der Waals surface area contributed by atoms with Gasteiger partial charge in [-0.05, 0) is 38.1 Å². The summed E-state index contributed by atoms with van der Waals surface area (Å²) in [6.07, 6.45) is 0. The number of nitrogens with one attached hydrogen (secondary N) is 2. The number of ether oxygens (including phenoxy) is 1. The van der Waals surface area contributed by atoms with Gasteiger partial charge >= 0.3 is 11.9 Å². The molecule has 8 nitrogen and oxygen atoms in total. The van der Waals surface area contributed by atoms with Gasteiger partial charge in [0.2, 0.25) is 0 Å². The molecule has 2 aromatic rings. The number of aromatic carboxylic acids is 1. The second-order valence-electron chi connectivity index (χ2n) is 6.41. The molecule has 0 spiro atoms. The van der Waals surface area contributed by atoms with Crippen LogP contribution < -0.4 is 10.6 Å². The zero-order valence-corrected chi connectivity index (χ0v) is 15.6. The van der Waals surface area contributed by atoms with Crippen LogP contribution in [0, 0.1) is 0 Å². The van der Waals surface area contributed by atoms with Crippen LogP contribution in [0.3, 0.4) is 0 Å². The van der Waals surface area contributed by atoms with Crippen LogP contribution in [0.4, 0.5) is 11.4 Å². The van der Waals surface area contributed by atoms with Crippen molar-refractivity contribution in [1.82, 2.24) is 0 Å². The summed E-state index contributed by atoms with van der Waals surface area (Å²) in [5.74, 6) is -3.01. The van der Waals surface area contributed by atoms with Crippen molar-refractivity contribution in [3.05, 3.63) is 59.7 Å². The number of carbonyl (C=O) groups excluding carboxylic acids is 3. The highest BCUT2D eigenvalue weighted by atomic mass is 16.6. The van der Waals surface area contributed by atoms with E-state index < -0.39 is 29.4 Å². The SMILES string of the molecule is CC(=O)OC(C)(C)C(=O)Nc1ccccc1C(=O)Nc1ccccc1C(=O)O. The smallest absolute Gasteiger partial charge is 0.337 e.